The first-order chi connectivity index (χ1) is 27.7. The van der Waals surface area contributed by atoms with Crippen LogP contribution in [0.25, 0.3) is 0 Å². The topological polar surface area (TPSA) is 149 Å². The van der Waals surface area contributed by atoms with Crippen molar-refractivity contribution >= 4 is 19.8 Å². The summed E-state index contributed by atoms with van der Waals surface area (Å²) in [6.45, 7) is 3.74. The Hall–Kier alpha value is -2.59. The Morgan fingerprint density at radius 2 is 1.00 bits per heavy atom. The second-order valence-electron chi connectivity index (χ2n) is 14.4. The summed E-state index contributed by atoms with van der Waals surface area (Å²) >= 11 is 0. The van der Waals surface area contributed by atoms with Crippen molar-refractivity contribution in [3.8, 4) is 0 Å². The Morgan fingerprint density at radius 3 is 1.51 bits per heavy atom. The molecule has 3 atom stereocenters. The van der Waals surface area contributed by atoms with Gasteiger partial charge in [0.25, 0.3) is 0 Å². The van der Waals surface area contributed by atoms with Gasteiger partial charge in [-0.1, -0.05) is 151 Å². The molecule has 3 N–H and O–H groups in total. The predicted molar refractivity (Wildman–Crippen MR) is 233 cm³/mol. The fourth-order valence-corrected chi connectivity index (χ4v) is 6.44. The van der Waals surface area contributed by atoms with E-state index in [9.17, 15) is 24.2 Å². The normalized spacial score (nSPS) is 14.3. The smallest absolute Gasteiger partial charge is 0.462 e. The fourth-order valence-electron chi connectivity index (χ4n) is 5.65. The molecule has 0 amide bonds. The van der Waals surface area contributed by atoms with Crippen molar-refractivity contribution < 1.29 is 47.8 Å². The molecule has 0 bridgehead atoms. The van der Waals surface area contributed by atoms with Gasteiger partial charge in [-0.3, -0.25) is 18.6 Å². The van der Waals surface area contributed by atoms with Gasteiger partial charge in [-0.25, -0.2) is 4.57 Å². The Bertz CT molecular complexity index is 1160. The molecule has 0 aromatic carbocycles. The molecule has 57 heavy (non-hydrogen) atoms. The molecule has 0 rings (SSSR count). The fraction of sp³-hybridized carbons (Fsp3) is 0.696. The lowest BCUT2D eigenvalue weighted by molar-refractivity contribution is -0.161. The molecule has 0 aromatic heterocycles. The first-order valence-electron chi connectivity index (χ1n) is 21.9. The number of aliphatic hydroxyl groups is 2. The maximum atomic E-state index is 12.6. The molecule has 10 nitrogen and oxygen atoms in total. The van der Waals surface area contributed by atoms with Crippen LogP contribution in [0.3, 0.4) is 0 Å². The number of hydrogen-bond donors (Lipinski definition) is 3. The molecule has 1 unspecified atom stereocenters. The van der Waals surface area contributed by atoms with Crippen LogP contribution in [0.2, 0.25) is 0 Å². The van der Waals surface area contributed by atoms with E-state index < -0.39 is 51.8 Å². The lowest BCUT2D eigenvalue weighted by Gasteiger charge is -2.20. The average Bonchev–Trinajstić information content (AvgIpc) is 3.20. The molecule has 0 aliphatic carbocycles. The summed E-state index contributed by atoms with van der Waals surface area (Å²) < 4.78 is 32.7. The molecule has 0 aromatic rings. The highest BCUT2D eigenvalue weighted by Gasteiger charge is 2.27. The van der Waals surface area contributed by atoms with E-state index in [0.29, 0.717) is 12.8 Å². The maximum absolute atomic E-state index is 12.6. The Morgan fingerprint density at radius 1 is 0.579 bits per heavy atom. The lowest BCUT2D eigenvalue weighted by atomic mass is 10.0. The second kappa shape index (κ2) is 41.6. The van der Waals surface area contributed by atoms with Gasteiger partial charge in [0.05, 0.1) is 19.8 Å². The summed E-state index contributed by atoms with van der Waals surface area (Å²) in [5, 5.41) is 18.3. The standard InChI is InChI=1S/C46H79O10P/c1-3-5-7-9-11-13-15-17-19-20-21-22-24-26-28-30-32-34-36-38-46(50)56-44(42-55-57(51,52)54-40-43(48)39-47)41-53-45(49)37-35-33-31-29-27-25-23-18-16-14-12-10-8-6-4-2/h4-5,7,11,13,17,19,21-22,26,28,43-44,47-48H,2-3,6,8-10,12,14-16,18,20,23-25,27,29-42H2,1H3,(H,51,52)/b7-5+,13-11+,19-17+,22-21+,28-26+/t43-,44+/m0/s1. The number of rotatable bonds is 41. The number of hydrogen-bond acceptors (Lipinski definition) is 9. The summed E-state index contributed by atoms with van der Waals surface area (Å²) in [7, 11) is -4.63. The minimum atomic E-state index is -4.63. The molecular formula is C46H79O10P. The van der Waals surface area contributed by atoms with E-state index in [0.717, 1.165) is 77.0 Å². The van der Waals surface area contributed by atoms with E-state index in [1.54, 1.807) is 0 Å². The van der Waals surface area contributed by atoms with Crippen LogP contribution in [0.1, 0.15) is 167 Å². The number of phosphoric ester groups is 1. The first-order valence-corrected chi connectivity index (χ1v) is 23.3. The molecule has 328 valence electrons. The zero-order valence-corrected chi connectivity index (χ0v) is 36.3. The quantitative estimate of drug-likeness (QED) is 0.0235. The molecule has 0 spiro atoms. The van der Waals surface area contributed by atoms with Gasteiger partial charge in [0, 0.05) is 12.8 Å². The van der Waals surface area contributed by atoms with Crippen molar-refractivity contribution in [2.75, 3.05) is 26.4 Å². The molecule has 11 heteroatoms. The number of ether oxygens (including phenoxy) is 2. The van der Waals surface area contributed by atoms with Gasteiger partial charge in [-0.05, 0) is 70.6 Å². The van der Waals surface area contributed by atoms with Gasteiger partial charge in [0.15, 0.2) is 6.10 Å². The van der Waals surface area contributed by atoms with Crippen molar-refractivity contribution in [3.05, 3.63) is 73.4 Å². The Balaban J connectivity index is 4.35. The number of carbonyl (C=O) groups is 2. The van der Waals surface area contributed by atoms with E-state index in [4.69, 9.17) is 19.1 Å². The molecule has 0 aliphatic rings. The monoisotopic (exact) mass is 823 g/mol. The van der Waals surface area contributed by atoms with Crippen molar-refractivity contribution in [2.45, 2.75) is 180 Å². The van der Waals surface area contributed by atoms with Crippen LogP contribution in [-0.2, 0) is 32.7 Å². The largest absolute Gasteiger partial charge is 0.472 e. The first kappa shape index (κ1) is 54.4. The highest BCUT2D eigenvalue weighted by Crippen LogP contribution is 2.43. The number of aliphatic hydroxyl groups excluding tert-OH is 2. The number of allylic oxidation sites excluding steroid dienone is 11. The molecule has 0 aliphatic heterocycles. The summed E-state index contributed by atoms with van der Waals surface area (Å²) in [6, 6.07) is 0. The van der Waals surface area contributed by atoms with Crippen molar-refractivity contribution in [3.63, 3.8) is 0 Å². The van der Waals surface area contributed by atoms with Crippen LogP contribution in [0.15, 0.2) is 73.4 Å². The zero-order chi connectivity index (χ0) is 41.9. The SMILES string of the molecule is C=CCCCCCCCCCCCCCCCC(=O)OC[C@H](COP(=O)(O)OC[C@@H](O)CO)OC(=O)CCCCC/C=C/C/C=C/C/C=C/C/C=C/C/C=C/CC. The van der Waals surface area contributed by atoms with Gasteiger partial charge in [-0.2, -0.15) is 0 Å². The van der Waals surface area contributed by atoms with Gasteiger partial charge in [-0.15, -0.1) is 6.58 Å². The van der Waals surface area contributed by atoms with Gasteiger partial charge < -0.3 is 24.6 Å². The molecule has 0 saturated carbocycles. The maximum Gasteiger partial charge on any atom is 0.472 e. The minimum absolute atomic E-state index is 0.141. The van der Waals surface area contributed by atoms with Crippen LogP contribution >= 0.6 is 7.82 Å². The van der Waals surface area contributed by atoms with Crippen molar-refractivity contribution in [1.29, 1.82) is 0 Å². The summed E-state index contributed by atoms with van der Waals surface area (Å²) in [5.41, 5.74) is 0. The van der Waals surface area contributed by atoms with Crippen molar-refractivity contribution in [1.82, 2.24) is 0 Å². The summed E-state index contributed by atoms with van der Waals surface area (Å²) in [5.74, 6) is -0.969. The molecule has 0 radical (unpaired) electrons. The molecular weight excluding hydrogens is 743 g/mol. The average molecular weight is 823 g/mol. The number of carbonyl (C=O) groups excluding carboxylic acids is 2. The Labute approximate surface area is 346 Å². The predicted octanol–water partition coefficient (Wildman–Crippen LogP) is 11.7. The third-order valence-electron chi connectivity index (χ3n) is 8.99. The van der Waals surface area contributed by atoms with Crippen LogP contribution in [0, 0.1) is 0 Å². The van der Waals surface area contributed by atoms with E-state index in [1.807, 2.05) is 6.08 Å². The van der Waals surface area contributed by atoms with E-state index in [2.05, 4.69) is 78.8 Å². The van der Waals surface area contributed by atoms with E-state index >= 15 is 0 Å². The zero-order valence-electron chi connectivity index (χ0n) is 35.4. The molecule has 0 fully saturated rings. The second-order valence-corrected chi connectivity index (χ2v) is 15.9. The lowest BCUT2D eigenvalue weighted by Crippen LogP contribution is -2.29. The number of unbranched alkanes of at least 4 members (excludes halogenated alkanes) is 16. The van der Waals surface area contributed by atoms with Crippen LogP contribution in [0.4, 0.5) is 0 Å². The van der Waals surface area contributed by atoms with Crippen molar-refractivity contribution in [2.24, 2.45) is 0 Å². The van der Waals surface area contributed by atoms with E-state index in [-0.39, 0.29) is 19.4 Å². The van der Waals surface area contributed by atoms with Crippen LogP contribution in [-0.4, -0.2) is 65.7 Å². The highest BCUT2D eigenvalue weighted by molar-refractivity contribution is 7.47. The third kappa shape index (κ3) is 41.4. The summed E-state index contributed by atoms with van der Waals surface area (Å²) in [6.07, 6.45) is 46.1. The van der Waals surface area contributed by atoms with Crippen LogP contribution in [0.5, 0.6) is 0 Å². The number of phosphoric acid groups is 1. The van der Waals surface area contributed by atoms with Gasteiger partial charge >= 0.3 is 19.8 Å². The van der Waals surface area contributed by atoms with Gasteiger partial charge in [0.1, 0.15) is 12.7 Å². The van der Waals surface area contributed by atoms with E-state index in [1.165, 1.54) is 57.8 Å². The molecule has 0 heterocycles. The highest BCUT2D eigenvalue weighted by atomic mass is 31.2. The number of esters is 2. The van der Waals surface area contributed by atoms with Crippen LogP contribution < -0.4 is 0 Å². The third-order valence-corrected chi connectivity index (χ3v) is 9.94. The Kier molecular flexibility index (Phi) is 39.7. The minimum Gasteiger partial charge on any atom is -0.462 e. The summed E-state index contributed by atoms with van der Waals surface area (Å²) in [4.78, 5) is 35.0. The molecule has 0 saturated heterocycles. The van der Waals surface area contributed by atoms with Gasteiger partial charge in [0.2, 0.25) is 0 Å².